The van der Waals surface area contributed by atoms with Crippen molar-refractivity contribution >= 4 is 0 Å². The highest BCUT2D eigenvalue weighted by molar-refractivity contribution is 5.54. The second-order valence-electron chi connectivity index (χ2n) is 10.4. The Balaban J connectivity index is 1.50. The van der Waals surface area contributed by atoms with E-state index in [1.165, 1.54) is 21.3 Å². The molecule has 2 aromatic carbocycles. The van der Waals surface area contributed by atoms with Crippen LogP contribution in [0.4, 0.5) is 0 Å². The number of rotatable bonds is 12. The van der Waals surface area contributed by atoms with E-state index in [1.54, 1.807) is 30.3 Å². The van der Waals surface area contributed by atoms with Gasteiger partial charge in [-0.1, -0.05) is 6.07 Å². The second-order valence-corrected chi connectivity index (χ2v) is 10.4. The van der Waals surface area contributed by atoms with Gasteiger partial charge in [-0.05, 0) is 48.2 Å². The molecule has 0 bridgehead atoms. The Labute approximate surface area is 253 Å². The van der Waals surface area contributed by atoms with Gasteiger partial charge in [-0.3, -0.25) is 0 Å². The molecule has 2 heterocycles. The number of aliphatic hydroxyl groups is 8. The van der Waals surface area contributed by atoms with Gasteiger partial charge in [0.25, 0.3) is 0 Å². The zero-order valence-corrected chi connectivity index (χ0v) is 24.4. The summed E-state index contributed by atoms with van der Waals surface area (Å²) < 4.78 is 38.9. The van der Waals surface area contributed by atoms with E-state index in [4.69, 9.17) is 33.2 Å². The number of aryl methyl sites for hydroxylation is 2. The maximum atomic E-state index is 10.4. The molecule has 0 radical (unpaired) electrons. The van der Waals surface area contributed by atoms with Gasteiger partial charge >= 0.3 is 0 Å². The molecule has 10 atom stereocenters. The molecule has 0 spiro atoms. The van der Waals surface area contributed by atoms with Gasteiger partial charge in [-0.2, -0.15) is 0 Å². The normalized spacial score (nSPS) is 32.2. The molecular formula is C29H40O15. The average Bonchev–Trinajstić information content (AvgIpc) is 3.04. The Morgan fingerprint density at radius 1 is 0.545 bits per heavy atom. The van der Waals surface area contributed by atoms with E-state index in [9.17, 15) is 40.9 Å². The maximum Gasteiger partial charge on any atom is 0.229 e. The van der Waals surface area contributed by atoms with E-state index in [0.29, 0.717) is 24.3 Å². The number of methoxy groups -OCH3 is 3. The van der Waals surface area contributed by atoms with E-state index in [-0.39, 0.29) is 17.2 Å². The molecule has 2 aliphatic heterocycles. The van der Waals surface area contributed by atoms with Crippen molar-refractivity contribution in [2.75, 3.05) is 34.5 Å². The van der Waals surface area contributed by atoms with Gasteiger partial charge in [0.05, 0.1) is 34.5 Å². The number of benzene rings is 2. The van der Waals surface area contributed by atoms with Gasteiger partial charge in [0.1, 0.15) is 48.8 Å². The molecule has 0 aliphatic carbocycles. The Kier molecular flexibility index (Phi) is 11.5. The Morgan fingerprint density at radius 2 is 1.02 bits per heavy atom. The van der Waals surface area contributed by atoms with E-state index in [2.05, 4.69) is 0 Å². The van der Waals surface area contributed by atoms with Crippen molar-refractivity contribution in [1.82, 2.24) is 0 Å². The van der Waals surface area contributed by atoms with Gasteiger partial charge in [0.2, 0.25) is 18.3 Å². The quantitative estimate of drug-likeness (QED) is 0.125. The van der Waals surface area contributed by atoms with E-state index >= 15 is 0 Å². The van der Waals surface area contributed by atoms with Crippen LogP contribution in [0, 0.1) is 0 Å². The second kappa shape index (κ2) is 14.9. The van der Waals surface area contributed by atoms with Crippen LogP contribution in [0.2, 0.25) is 0 Å². The summed E-state index contributed by atoms with van der Waals surface area (Å²) in [5, 5.41) is 80.0. The van der Waals surface area contributed by atoms with Crippen molar-refractivity contribution < 1.29 is 74.0 Å². The fourth-order valence-corrected chi connectivity index (χ4v) is 5.05. The lowest BCUT2D eigenvalue weighted by Crippen LogP contribution is -2.60. The number of hydrogen-bond donors (Lipinski definition) is 8. The van der Waals surface area contributed by atoms with Crippen LogP contribution >= 0.6 is 0 Å². The largest absolute Gasteiger partial charge is 0.493 e. The zero-order chi connectivity index (χ0) is 32.1. The number of ether oxygens (including phenoxy) is 7. The Hall–Kier alpha value is -2.96. The minimum atomic E-state index is -1.62. The molecule has 2 aliphatic rings. The van der Waals surface area contributed by atoms with Crippen LogP contribution in [0.1, 0.15) is 11.1 Å². The third-order valence-corrected chi connectivity index (χ3v) is 7.62. The maximum absolute atomic E-state index is 10.4. The molecule has 2 aromatic rings. The summed E-state index contributed by atoms with van der Waals surface area (Å²) in [5.41, 5.74) is 1.57. The van der Waals surface area contributed by atoms with Crippen LogP contribution in [0.15, 0.2) is 30.3 Å². The summed E-state index contributed by atoms with van der Waals surface area (Å²) in [5.74, 6) is 1.15. The molecular weight excluding hydrogens is 588 g/mol. The summed E-state index contributed by atoms with van der Waals surface area (Å²) in [4.78, 5) is 0. The van der Waals surface area contributed by atoms with Crippen LogP contribution in [0.25, 0.3) is 0 Å². The standard InChI is InChI=1S/C29H40O15/c1-38-16-8-13(6-7-15(16)41-28-25(36)23(34)21(32)19(11-30)43-28)4-5-14-9-17(39-2)27(40-3)18(10-14)42-29-26(37)24(35)22(33)20(12-31)44-29/h6-10,19-26,28-37H,4-5,11-12H2,1-3H3/t19-,20-,21-,22-,23+,24+,25-,26-,28-,29-/m1/s1. The van der Waals surface area contributed by atoms with E-state index in [0.717, 1.165) is 11.1 Å². The van der Waals surface area contributed by atoms with Crippen LogP contribution in [0.3, 0.4) is 0 Å². The lowest BCUT2D eigenvalue weighted by atomic mass is 9.99. The zero-order valence-electron chi connectivity index (χ0n) is 24.4. The molecule has 2 saturated heterocycles. The highest BCUT2D eigenvalue weighted by atomic mass is 16.7. The summed E-state index contributed by atoms with van der Waals surface area (Å²) in [6, 6.07) is 8.46. The third-order valence-electron chi connectivity index (χ3n) is 7.62. The molecule has 8 N–H and O–H groups in total. The van der Waals surface area contributed by atoms with Crippen molar-refractivity contribution in [2.45, 2.75) is 74.3 Å². The molecule has 0 saturated carbocycles. The van der Waals surface area contributed by atoms with Crippen molar-refractivity contribution in [3.05, 3.63) is 41.5 Å². The highest BCUT2D eigenvalue weighted by Gasteiger charge is 2.46. The molecule has 246 valence electrons. The summed E-state index contributed by atoms with van der Waals surface area (Å²) in [6.07, 6.45) is -13.6. The monoisotopic (exact) mass is 628 g/mol. The van der Waals surface area contributed by atoms with Crippen molar-refractivity contribution in [1.29, 1.82) is 0 Å². The van der Waals surface area contributed by atoms with Crippen LogP contribution < -0.4 is 23.7 Å². The van der Waals surface area contributed by atoms with Crippen LogP contribution in [-0.2, 0) is 22.3 Å². The van der Waals surface area contributed by atoms with Crippen molar-refractivity contribution in [2.24, 2.45) is 0 Å². The topological polar surface area (TPSA) is 226 Å². The first-order chi connectivity index (χ1) is 21.1. The van der Waals surface area contributed by atoms with Crippen LogP contribution in [0.5, 0.6) is 28.7 Å². The number of aliphatic hydroxyl groups excluding tert-OH is 8. The fourth-order valence-electron chi connectivity index (χ4n) is 5.05. The SMILES string of the molecule is COc1cc(CCc2cc(OC)c(OC)c(O[C@@H]3O[C@H](CO)[C@@H](O)[C@H](O)[C@H]3O)c2)ccc1O[C@@H]1O[C@H](CO)[C@@H](O)[C@H](O)[C@H]1O. The Bertz CT molecular complexity index is 1220. The minimum absolute atomic E-state index is 0.132. The summed E-state index contributed by atoms with van der Waals surface area (Å²) in [7, 11) is 4.27. The predicted molar refractivity (Wildman–Crippen MR) is 149 cm³/mol. The van der Waals surface area contributed by atoms with Gasteiger partial charge in [0.15, 0.2) is 23.0 Å². The molecule has 0 unspecified atom stereocenters. The number of hydrogen-bond acceptors (Lipinski definition) is 15. The minimum Gasteiger partial charge on any atom is -0.493 e. The first-order valence-corrected chi connectivity index (χ1v) is 13.9. The van der Waals surface area contributed by atoms with Crippen molar-refractivity contribution in [3.8, 4) is 28.7 Å². The van der Waals surface area contributed by atoms with Gasteiger partial charge in [-0.25, -0.2) is 0 Å². The Morgan fingerprint density at radius 3 is 1.52 bits per heavy atom. The van der Waals surface area contributed by atoms with Crippen LogP contribution in [-0.4, -0.2) is 137 Å². The van der Waals surface area contributed by atoms with E-state index in [1.807, 2.05) is 0 Å². The molecule has 4 rings (SSSR count). The molecule has 0 aromatic heterocycles. The van der Waals surface area contributed by atoms with Crippen molar-refractivity contribution in [3.63, 3.8) is 0 Å². The molecule has 2 fully saturated rings. The molecule has 15 heteroatoms. The smallest absolute Gasteiger partial charge is 0.229 e. The summed E-state index contributed by atoms with van der Waals surface area (Å²) >= 11 is 0. The lowest BCUT2D eigenvalue weighted by Gasteiger charge is -2.39. The summed E-state index contributed by atoms with van der Waals surface area (Å²) in [6.45, 7) is -1.20. The first-order valence-electron chi connectivity index (χ1n) is 13.9. The molecule has 15 nitrogen and oxygen atoms in total. The van der Waals surface area contributed by atoms with Gasteiger partial charge in [0, 0.05) is 0 Å². The van der Waals surface area contributed by atoms with Gasteiger partial charge < -0.3 is 74.0 Å². The average molecular weight is 629 g/mol. The third kappa shape index (κ3) is 7.13. The predicted octanol–water partition coefficient (Wildman–Crippen LogP) is -2.14. The first kappa shape index (κ1) is 33.9. The highest BCUT2D eigenvalue weighted by Crippen LogP contribution is 2.40. The molecule has 44 heavy (non-hydrogen) atoms. The van der Waals surface area contributed by atoms with Gasteiger partial charge in [-0.15, -0.1) is 0 Å². The molecule has 0 amide bonds. The fraction of sp³-hybridized carbons (Fsp3) is 0.586. The lowest BCUT2D eigenvalue weighted by molar-refractivity contribution is -0.277. The van der Waals surface area contributed by atoms with E-state index < -0.39 is 74.6 Å².